The summed E-state index contributed by atoms with van der Waals surface area (Å²) in [6.07, 6.45) is -11.0. The molecule has 1 aromatic carbocycles. The minimum Gasteiger partial charge on any atom is -0.231 e. The summed E-state index contributed by atoms with van der Waals surface area (Å²) in [4.78, 5) is 0. The summed E-state index contributed by atoms with van der Waals surface area (Å²) in [6, 6.07) is 5.58. The Morgan fingerprint density at radius 3 is 2.18 bits per heavy atom. The Labute approximate surface area is 94.2 Å². The summed E-state index contributed by atoms with van der Waals surface area (Å²) in [6.45, 7) is 1.61. The first-order chi connectivity index (χ1) is 7.63. The summed E-state index contributed by atoms with van der Waals surface area (Å²) >= 11 is 0. The Hall–Kier alpha value is -1.20. The van der Waals surface area contributed by atoms with E-state index >= 15 is 0 Å². The van der Waals surface area contributed by atoms with E-state index in [0.29, 0.717) is 5.56 Å². The van der Waals surface area contributed by atoms with Crippen molar-refractivity contribution in [2.45, 2.75) is 31.6 Å². The highest BCUT2D eigenvalue weighted by molar-refractivity contribution is 5.23. The summed E-state index contributed by atoms with van der Waals surface area (Å²) in [5, 5.41) is 0. The van der Waals surface area contributed by atoms with Gasteiger partial charge in [0.2, 0.25) is 0 Å². The maximum atomic E-state index is 13.0. The fraction of sp³-hybridized carbons (Fsp3) is 0.455. The third-order valence-electron chi connectivity index (χ3n) is 2.18. The van der Waals surface area contributed by atoms with E-state index in [0.717, 1.165) is 0 Å². The molecule has 0 bridgehead atoms. The normalized spacial score (nSPS) is 14.8. The average Bonchev–Trinajstić information content (AvgIpc) is 2.14. The van der Waals surface area contributed by atoms with Crippen LogP contribution in [0.15, 0.2) is 24.3 Å². The number of aryl methyl sites for hydroxylation is 1. The van der Waals surface area contributed by atoms with Gasteiger partial charge in [-0.2, -0.15) is 13.2 Å². The van der Waals surface area contributed by atoms with Crippen molar-refractivity contribution in [3.63, 3.8) is 0 Å². The number of benzene rings is 1. The van der Waals surface area contributed by atoms with E-state index in [-0.39, 0.29) is 5.56 Å². The highest BCUT2D eigenvalue weighted by Gasteiger charge is 2.56. The molecule has 0 amide bonds. The van der Waals surface area contributed by atoms with Crippen molar-refractivity contribution < 1.29 is 26.3 Å². The molecule has 96 valence electrons. The first-order valence-electron chi connectivity index (χ1n) is 4.77. The highest BCUT2D eigenvalue weighted by atomic mass is 19.4. The summed E-state index contributed by atoms with van der Waals surface area (Å²) < 4.78 is 74.3. The molecule has 0 radical (unpaired) electrons. The van der Waals surface area contributed by atoms with E-state index < -0.39 is 24.7 Å². The molecule has 0 aliphatic carbocycles. The zero-order valence-electron chi connectivity index (χ0n) is 8.86. The minimum atomic E-state index is -5.55. The zero-order chi connectivity index (χ0) is 13.3. The summed E-state index contributed by atoms with van der Waals surface area (Å²) in [5.41, 5.74) is 0.600. The van der Waals surface area contributed by atoms with Crippen LogP contribution in [0.3, 0.4) is 0 Å². The topological polar surface area (TPSA) is 0 Å². The quantitative estimate of drug-likeness (QED) is 0.715. The fourth-order valence-electron chi connectivity index (χ4n) is 1.42. The Kier molecular flexibility index (Phi) is 3.74. The van der Waals surface area contributed by atoms with Gasteiger partial charge in [-0.1, -0.05) is 29.8 Å². The minimum absolute atomic E-state index is 0.0260. The Morgan fingerprint density at radius 2 is 1.71 bits per heavy atom. The third kappa shape index (κ3) is 3.64. The van der Waals surface area contributed by atoms with E-state index in [2.05, 4.69) is 0 Å². The van der Waals surface area contributed by atoms with Crippen LogP contribution in [0.5, 0.6) is 0 Å². The molecule has 1 unspecified atom stereocenters. The standard InChI is InChI=1S/C11H10F6/c1-7-3-2-4-8(5-7)6-10(13,14)9(12)11(15,16)17/h2-5,9H,6H2,1H3. The summed E-state index contributed by atoms with van der Waals surface area (Å²) in [7, 11) is 0. The van der Waals surface area contributed by atoms with Gasteiger partial charge >= 0.3 is 6.18 Å². The van der Waals surface area contributed by atoms with E-state index in [9.17, 15) is 26.3 Å². The Balaban J connectivity index is 2.86. The SMILES string of the molecule is Cc1cccc(CC(F)(F)C(F)C(F)(F)F)c1. The molecule has 17 heavy (non-hydrogen) atoms. The van der Waals surface area contributed by atoms with E-state index in [1.165, 1.54) is 18.2 Å². The molecule has 0 saturated heterocycles. The predicted molar refractivity (Wildman–Crippen MR) is 50.8 cm³/mol. The molecule has 0 N–H and O–H groups in total. The molecule has 1 aromatic rings. The number of rotatable bonds is 3. The van der Waals surface area contributed by atoms with Crippen LogP contribution in [0.2, 0.25) is 0 Å². The molecule has 0 aliphatic rings. The molecule has 0 spiro atoms. The molecule has 0 aliphatic heterocycles. The van der Waals surface area contributed by atoms with E-state index in [1.54, 1.807) is 13.0 Å². The molecular weight excluding hydrogens is 246 g/mol. The fourth-order valence-corrected chi connectivity index (χ4v) is 1.42. The maximum absolute atomic E-state index is 13.0. The highest BCUT2D eigenvalue weighted by Crippen LogP contribution is 2.37. The second-order valence-electron chi connectivity index (χ2n) is 3.83. The molecule has 0 nitrogen and oxygen atoms in total. The maximum Gasteiger partial charge on any atom is 0.425 e. The van der Waals surface area contributed by atoms with Crippen LogP contribution in [-0.2, 0) is 6.42 Å². The van der Waals surface area contributed by atoms with Crippen LogP contribution < -0.4 is 0 Å². The molecule has 0 aromatic heterocycles. The largest absolute Gasteiger partial charge is 0.425 e. The average molecular weight is 256 g/mol. The van der Waals surface area contributed by atoms with Crippen LogP contribution >= 0.6 is 0 Å². The lowest BCUT2D eigenvalue weighted by Crippen LogP contribution is -2.43. The van der Waals surface area contributed by atoms with Gasteiger partial charge in [0.25, 0.3) is 12.1 Å². The van der Waals surface area contributed by atoms with Crippen molar-refractivity contribution in [3.8, 4) is 0 Å². The lowest BCUT2D eigenvalue weighted by atomic mass is 10.0. The third-order valence-corrected chi connectivity index (χ3v) is 2.18. The molecule has 1 atom stereocenters. The van der Waals surface area contributed by atoms with Gasteiger partial charge in [-0.05, 0) is 12.5 Å². The Bertz CT molecular complexity index is 382. The van der Waals surface area contributed by atoms with Crippen LogP contribution in [0.4, 0.5) is 26.3 Å². The van der Waals surface area contributed by atoms with Crippen molar-refractivity contribution in [2.75, 3.05) is 0 Å². The molecule has 1 rings (SSSR count). The summed E-state index contributed by atoms with van der Waals surface area (Å²) in [5.74, 6) is -4.45. The van der Waals surface area contributed by atoms with Crippen molar-refractivity contribution in [3.05, 3.63) is 35.4 Å². The Morgan fingerprint density at radius 1 is 1.12 bits per heavy atom. The predicted octanol–water partition coefficient (Wildman–Crippen LogP) is 4.07. The second kappa shape index (κ2) is 4.58. The number of halogens is 6. The van der Waals surface area contributed by atoms with Crippen LogP contribution in [0, 0.1) is 6.92 Å². The first-order valence-corrected chi connectivity index (χ1v) is 4.77. The second-order valence-corrected chi connectivity index (χ2v) is 3.83. The van der Waals surface area contributed by atoms with E-state index in [1.807, 2.05) is 0 Å². The monoisotopic (exact) mass is 256 g/mol. The number of alkyl halides is 6. The number of hydrogen-bond acceptors (Lipinski definition) is 0. The van der Waals surface area contributed by atoms with Gasteiger partial charge in [-0.25, -0.2) is 13.2 Å². The van der Waals surface area contributed by atoms with Crippen molar-refractivity contribution in [1.29, 1.82) is 0 Å². The van der Waals surface area contributed by atoms with Crippen molar-refractivity contribution >= 4 is 0 Å². The van der Waals surface area contributed by atoms with E-state index in [4.69, 9.17) is 0 Å². The van der Waals surface area contributed by atoms with Gasteiger partial charge in [0, 0.05) is 6.42 Å². The van der Waals surface area contributed by atoms with Gasteiger partial charge in [-0.3, -0.25) is 0 Å². The van der Waals surface area contributed by atoms with Gasteiger partial charge in [0.1, 0.15) is 0 Å². The molecule has 0 fully saturated rings. The molecular formula is C11H10F6. The van der Waals surface area contributed by atoms with Crippen LogP contribution in [0.25, 0.3) is 0 Å². The van der Waals surface area contributed by atoms with Gasteiger partial charge in [0.15, 0.2) is 0 Å². The lowest BCUT2D eigenvalue weighted by molar-refractivity contribution is -0.243. The van der Waals surface area contributed by atoms with Crippen molar-refractivity contribution in [1.82, 2.24) is 0 Å². The smallest absolute Gasteiger partial charge is 0.231 e. The number of hydrogen-bond donors (Lipinski definition) is 0. The molecule has 6 heteroatoms. The molecule has 0 heterocycles. The van der Waals surface area contributed by atoms with Crippen LogP contribution in [-0.4, -0.2) is 18.3 Å². The van der Waals surface area contributed by atoms with Crippen molar-refractivity contribution in [2.24, 2.45) is 0 Å². The zero-order valence-corrected chi connectivity index (χ0v) is 8.86. The van der Waals surface area contributed by atoms with Gasteiger partial charge in [0.05, 0.1) is 0 Å². The van der Waals surface area contributed by atoms with Crippen LogP contribution in [0.1, 0.15) is 11.1 Å². The van der Waals surface area contributed by atoms with Gasteiger partial charge < -0.3 is 0 Å². The first kappa shape index (κ1) is 13.9. The molecule has 0 saturated carbocycles. The van der Waals surface area contributed by atoms with Gasteiger partial charge in [-0.15, -0.1) is 0 Å². The lowest BCUT2D eigenvalue weighted by Gasteiger charge is -2.22.